The molecule has 0 saturated heterocycles. The number of nitrogens with zero attached hydrogens (tertiary/aromatic N) is 1. The molecule has 0 aromatic carbocycles. The van der Waals surface area contributed by atoms with Crippen molar-refractivity contribution in [3.63, 3.8) is 0 Å². The average molecular weight is 227 g/mol. The van der Waals surface area contributed by atoms with Crippen molar-refractivity contribution in [3.8, 4) is 6.07 Å². The van der Waals surface area contributed by atoms with Crippen LogP contribution >= 0.6 is 12.6 Å². The largest absolute Gasteiger partial charge is 0.198 e. The van der Waals surface area contributed by atoms with Crippen LogP contribution in [0.3, 0.4) is 0 Å². The van der Waals surface area contributed by atoms with Crippen LogP contribution in [0.15, 0.2) is 0 Å². The Balaban J connectivity index is 2.84. The van der Waals surface area contributed by atoms with Crippen molar-refractivity contribution in [2.75, 3.05) is 5.75 Å². The van der Waals surface area contributed by atoms with Gasteiger partial charge in [-0.25, -0.2) is 0 Å². The van der Waals surface area contributed by atoms with Gasteiger partial charge in [0.25, 0.3) is 0 Å². The first-order valence-electron chi connectivity index (χ1n) is 6.39. The molecule has 0 saturated carbocycles. The summed E-state index contributed by atoms with van der Waals surface area (Å²) in [5.41, 5.74) is 0. The predicted molar refractivity (Wildman–Crippen MR) is 70.3 cm³/mol. The van der Waals surface area contributed by atoms with Crippen molar-refractivity contribution in [3.05, 3.63) is 0 Å². The van der Waals surface area contributed by atoms with Crippen LogP contribution in [-0.2, 0) is 0 Å². The van der Waals surface area contributed by atoms with Gasteiger partial charge in [0, 0.05) is 6.42 Å². The maximum atomic E-state index is 8.35. The summed E-state index contributed by atoms with van der Waals surface area (Å²) in [6.45, 7) is 0. The molecule has 0 amide bonds. The standard InChI is InChI=1S/C13H25NS/c14-12-10-8-6-4-2-1-3-5-7-9-11-13-15/h15H,1-11,13H2. The van der Waals surface area contributed by atoms with Crippen LogP contribution in [0.25, 0.3) is 0 Å². The number of hydrogen-bond acceptors (Lipinski definition) is 2. The lowest BCUT2D eigenvalue weighted by atomic mass is 10.1. The smallest absolute Gasteiger partial charge is 0.0621 e. The fourth-order valence-electron chi connectivity index (χ4n) is 1.73. The third-order valence-corrected chi connectivity index (χ3v) is 3.01. The summed E-state index contributed by atoms with van der Waals surface area (Å²) in [6.07, 6.45) is 13.9. The number of thiol groups is 1. The Kier molecular flexibility index (Phi) is 13.7. The van der Waals surface area contributed by atoms with Crippen LogP contribution in [0.4, 0.5) is 0 Å². The monoisotopic (exact) mass is 227 g/mol. The fraction of sp³-hybridized carbons (Fsp3) is 0.923. The van der Waals surface area contributed by atoms with Crippen LogP contribution in [0.5, 0.6) is 0 Å². The first-order chi connectivity index (χ1) is 7.41. The Morgan fingerprint density at radius 3 is 1.47 bits per heavy atom. The van der Waals surface area contributed by atoms with E-state index in [1.54, 1.807) is 0 Å². The van der Waals surface area contributed by atoms with Crippen molar-refractivity contribution in [1.29, 1.82) is 5.26 Å². The van der Waals surface area contributed by atoms with Crippen LogP contribution < -0.4 is 0 Å². The van der Waals surface area contributed by atoms with E-state index in [4.69, 9.17) is 5.26 Å². The van der Waals surface area contributed by atoms with Gasteiger partial charge in [0.05, 0.1) is 6.07 Å². The third kappa shape index (κ3) is 13.8. The van der Waals surface area contributed by atoms with Crippen molar-refractivity contribution in [2.24, 2.45) is 0 Å². The molecule has 0 aromatic rings. The van der Waals surface area contributed by atoms with Gasteiger partial charge < -0.3 is 0 Å². The quantitative estimate of drug-likeness (QED) is 0.400. The zero-order chi connectivity index (χ0) is 11.2. The van der Waals surface area contributed by atoms with Gasteiger partial charge in [0.2, 0.25) is 0 Å². The van der Waals surface area contributed by atoms with E-state index in [-0.39, 0.29) is 0 Å². The highest BCUT2D eigenvalue weighted by Crippen LogP contribution is 2.11. The van der Waals surface area contributed by atoms with Crippen molar-refractivity contribution in [2.45, 2.75) is 70.6 Å². The molecule has 0 N–H and O–H groups in total. The highest BCUT2D eigenvalue weighted by Gasteiger charge is 1.92. The van der Waals surface area contributed by atoms with E-state index >= 15 is 0 Å². The maximum Gasteiger partial charge on any atom is 0.0621 e. The lowest BCUT2D eigenvalue weighted by Gasteiger charge is -2.01. The fourth-order valence-corrected chi connectivity index (χ4v) is 1.95. The van der Waals surface area contributed by atoms with E-state index in [2.05, 4.69) is 18.7 Å². The molecule has 0 atom stereocenters. The second-order valence-corrected chi connectivity index (χ2v) is 4.61. The van der Waals surface area contributed by atoms with Gasteiger partial charge in [0.15, 0.2) is 0 Å². The van der Waals surface area contributed by atoms with E-state index < -0.39 is 0 Å². The molecule has 1 nitrogen and oxygen atoms in total. The van der Waals surface area contributed by atoms with Crippen molar-refractivity contribution < 1.29 is 0 Å². The van der Waals surface area contributed by atoms with Gasteiger partial charge in [0.1, 0.15) is 0 Å². The van der Waals surface area contributed by atoms with Crippen LogP contribution in [-0.4, -0.2) is 5.75 Å². The molecule has 15 heavy (non-hydrogen) atoms. The Morgan fingerprint density at radius 2 is 1.07 bits per heavy atom. The summed E-state index contributed by atoms with van der Waals surface area (Å²) in [7, 11) is 0. The van der Waals surface area contributed by atoms with Gasteiger partial charge in [-0.2, -0.15) is 17.9 Å². The third-order valence-electron chi connectivity index (χ3n) is 2.70. The molecule has 0 radical (unpaired) electrons. The number of rotatable bonds is 11. The molecule has 0 aliphatic heterocycles. The van der Waals surface area contributed by atoms with E-state index in [1.807, 2.05) is 0 Å². The van der Waals surface area contributed by atoms with E-state index in [0.29, 0.717) is 0 Å². The maximum absolute atomic E-state index is 8.35. The second kappa shape index (κ2) is 13.8. The normalized spacial score (nSPS) is 10.1. The van der Waals surface area contributed by atoms with E-state index in [0.717, 1.165) is 18.6 Å². The first-order valence-corrected chi connectivity index (χ1v) is 7.03. The van der Waals surface area contributed by atoms with Crippen LogP contribution in [0.2, 0.25) is 0 Å². The minimum atomic E-state index is 0.740. The van der Waals surface area contributed by atoms with Gasteiger partial charge in [-0.3, -0.25) is 0 Å². The molecule has 0 bridgehead atoms. The first kappa shape index (κ1) is 14.8. The summed E-state index contributed by atoms with van der Waals surface area (Å²) in [5, 5.41) is 8.35. The Labute approximate surface area is 101 Å². The minimum Gasteiger partial charge on any atom is -0.198 e. The highest BCUT2D eigenvalue weighted by molar-refractivity contribution is 7.80. The second-order valence-electron chi connectivity index (χ2n) is 4.17. The molecule has 0 heterocycles. The lowest BCUT2D eigenvalue weighted by molar-refractivity contribution is 0.559. The lowest BCUT2D eigenvalue weighted by Crippen LogP contribution is -1.82. The SMILES string of the molecule is N#CCCCCCCCCCCCCS. The average Bonchev–Trinajstić information content (AvgIpc) is 2.26. The highest BCUT2D eigenvalue weighted by atomic mass is 32.1. The molecule has 0 aliphatic carbocycles. The zero-order valence-electron chi connectivity index (χ0n) is 9.88. The zero-order valence-corrected chi connectivity index (χ0v) is 10.8. The number of nitriles is 1. The Hall–Kier alpha value is -0.160. The molecule has 0 rings (SSSR count). The molecule has 2 heteroatoms. The number of unbranched alkanes of at least 4 members (excludes halogenated alkanes) is 10. The Morgan fingerprint density at radius 1 is 0.667 bits per heavy atom. The minimum absolute atomic E-state index is 0.740. The Bertz CT molecular complexity index is 151. The molecular weight excluding hydrogens is 202 g/mol. The summed E-state index contributed by atoms with van der Waals surface area (Å²) < 4.78 is 0. The van der Waals surface area contributed by atoms with Crippen molar-refractivity contribution >= 4 is 12.6 Å². The van der Waals surface area contributed by atoms with Gasteiger partial charge >= 0.3 is 0 Å². The summed E-state index contributed by atoms with van der Waals surface area (Å²) >= 11 is 4.20. The molecule has 0 aliphatic rings. The topological polar surface area (TPSA) is 23.8 Å². The molecule has 0 aromatic heterocycles. The summed E-state index contributed by atoms with van der Waals surface area (Å²) in [4.78, 5) is 0. The summed E-state index contributed by atoms with van der Waals surface area (Å²) in [5.74, 6) is 1.04. The van der Waals surface area contributed by atoms with Gasteiger partial charge in [-0.1, -0.05) is 51.4 Å². The predicted octanol–water partition coefficient (Wildman–Crippen LogP) is 4.73. The summed E-state index contributed by atoms with van der Waals surface area (Å²) in [6, 6.07) is 2.19. The van der Waals surface area contributed by atoms with Gasteiger partial charge in [-0.15, -0.1) is 0 Å². The van der Waals surface area contributed by atoms with Crippen molar-refractivity contribution in [1.82, 2.24) is 0 Å². The number of hydrogen-bond donors (Lipinski definition) is 1. The molecule has 0 fully saturated rings. The van der Waals surface area contributed by atoms with Crippen LogP contribution in [0, 0.1) is 11.3 Å². The van der Waals surface area contributed by atoms with Crippen LogP contribution in [0.1, 0.15) is 70.6 Å². The molecule has 0 spiro atoms. The van der Waals surface area contributed by atoms with Gasteiger partial charge in [-0.05, 0) is 18.6 Å². The van der Waals surface area contributed by atoms with E-state index in [9.17, 15) is 0 Å². The molecule has 0 unspecified atom stereocenters. The molecule has 88 valence electrons. The molecular formula is C13H25NS. The van der Waals surface area contributed by atoms with E-state index in [1.165, 1.54) is 57.8 Å².